The van der Waals surface area contributed by atoms with Crippen LogP contribution in [0, 0.1) is 6.92 Å². The molecule has 0 saturated carbocycles. The third kappa shape index (κ3) is 3.48. The topological polar surface area (TPSA) is 106 Å². The molecule has 4 aromatic rings. The molecule has 8 heteroatoms. The molecule has 0 radical (unpaired) electrons. The lowest BCUT2D eigenvalue weighted by Gasteiger charge is -2.18. The van der Waals surface area contributed by atoms with E-state index >= 15 is 0 Å². The lowest BCUT2D eigenvalue weighted by atomic mass is 9.91. The molecule has 5 rings (SSSR count). The fourth-order valence-corrected chi connectivity index (χ4v) is 3.83. The Kier molecular flexibility index (Phi) is 4.78. The molecule has 1 fully saturated rings. The number of nitrogens with one attached hydrogen (secondary N) is 1. The number of hydrogen-bond donors (Lipinski definition) is 2. The zero-order valence-electron chi connectivity index (χ0n) is 16.9. The van der Waals surface area contributed by atoms with Crippen LogP contribution in [0.25, 0.3) is 22.0 Å². The molecule has 1 aliphatic rings. The van der Waals surface area contributed by atoms with Crippen LogP contribution in [0.15, 0.2) is 61.1 Å². The predicted octanol–water partition coefficient (Wildman–Crippen LogP) is 3.07. The van der Waals surface area contributed by atoms with Gasteiger partial charge in [-0.3, -0.25) is 14.6 Å². The molecular formula is C23H20N6O2. The number of rotatable bonds is 4. The Balaban J connectivity index is 1.64. The number of anilines is 2. The van der Waals surface area contributed by atoms with Crippen LogP contribution in [0.2, 0.25) is 0 Å². The molecule has 3 heterocycles. The quantitative estimate of drug-likeness (QED) is 0.493. The minimum Gasteiger partial charge on any atom is -0.382 e. The van der Waals surface area contributed by atoms with Crippen LogP contribution in [0.1, 0.15) is 21.6 Å². The summed E-state index contributed by atoms with van der Waals surface area (Å²) in [7, 11) is 0. The van der Waals surface area contributed by atoms with Crippen LogP contribution in [0.3, 0.4) is 0 Å². The molecule has 0 amide bonds. The van der Waals surface area contributed by atoms with E-state index in [2.05, 4.69) is 20.5 Å². The third-order valence-electron chi connectivity index (χ3n) is 5.33. The fraction of sp³-hybridized carbons (Fsp3) is 0.130. The second-order valence-corrected chi connectivity index (χ2v) is 7.31. The number of hydrogen-bond acceptors (Lipinski definition) is 8. The molecule has 2 aromatic heterocycles. The lowest BCUT2D eigenvalue weighted by Crippen LogP contribution is -2.30. The maximum atomic E-state index is 13.2. The van der Waals surface area contributed by atoms with Crippen molar-refractivity contribution >= 4 is 28.2 Å². The second kappa shape index (κ2) is 7.75. The molecule has 1 saturated heterocycles. The Morgan fingerprint density at radius 2 is 2.10 bits per heavy atom. The minimum absolute atomic E-state index is 0.143. The van der Waals surface area contributed by atoms with Gasteiger partial charge in [0.15, 0.2) is 0 Å². The summed E-state index contributed by atoms with van der Waals surface area (Å²) in [6, 6.07) is 15.2. The Labute approximate surface area is 178 Å². The van der Waals surface area contributed by atoms with E-state index in [9.17, 15) is 4.79 Å². The number of pyridine rings is 1. The van der Waals surface area contributed by atoms with E-state index < -0.39 is 0 Å². The number of carbonyl (C=O) groups is 1. The van der Waals surface area contributed by atoms with Gasteiger partial charge in [0.05, 0.1) is 24.4 Å². The maximum Gasteiger partial charge on any atom is 0.212 e. The highest BCUT2D eigenvalue weighted by Crippen LogP contribution is 2.33. The zero-order chi connectivity index (χ0) is 21.4. The fourth-order valence-electron chi connectivity index (χ4n) is 3.83. The van der Waals surface area contributed by atoms with Gasteiger partial charge in [0.1, 0.15) is 17.8 Å². The molecule has 0 atom stereocenters. The van der Waals surface area contributed by atoms with Gasteiger partial charge in [-0.15, -0.1) is 5.59 Å². The first kappa shape index (κ1) is 19.1. The summed E-state index contributed by atoms with van der Waals surface area (Å²) in [6.07, 6.45) is 2.95. The molecule has 0 spiro atoms. The highest BCUT2D eigenvalue weighted by molar-refractivity contribution is 6.12. The number of ketones is 1. The molecule has 154 valence electrons. The lowest BCUT2D eigenvalue weighted by molar-refractivity contribution is 0.0986. The monoisotopic (exact) mass is 412 g/mol. The van der Waals surface area contributed by atoms with E-state index in [-0.39, 0.29) is 5.78 Å². The van der Waals surface area contributed by atoms with Crippen LogP contribution < -0.4 is 16.3 Å². The highest BCUT2D eigenvalue weighted by atomic mass is 16.7. The second-order valence-electron chi connectivity index (χ2n) is 7.31. The largest absolute Gasteiger partial charge is 0.382 e. The Morgan fingerprint density at radius 1 is 1.19 bits per heavy atom. The number of benzene rings is 2. The molecule has 31 heavy (non-hydrogen) atoms. The van der Waals surface area contributed by atoms with Crippen molar-refractivity contribution in [3.63, 3.8) is 0 Å². The highest BCUT2D eigenvalue weighted by Gasteiger charge is 2.20. The van der Waals surface area contributed by atoms with Gasteiger partial charge in [-0.2, -0.15) is 0 Å². The molecule has 2 aromatic carbocycles. The molecule has 8 nitrogen and oxygen atoms in total. The summed E-state index contributed by atoms with van der Waals surface area (Å²) in [4.78, 5) is 31.0. The van der Waals surface area contributed by atoms with Crippen LogP contribution in [-0.2, 0) is 4.84 Å². The summed E-state index contributed by atoms with van der Waals surface area (Å²) in [6.45, 7) is 3.23. The van der Waals surface area contributed by atoms with Gasteiger partial charge in [0.25, 0.3) is 0 Å². The van der Waals surface area contributed by atoms with Crippen molar-refractivity contribution in [3.05, 3.63) is 77.9 Å². The van der Waals surface area contributed by atoms with Gasteiger partial charge < -0.3 is 5.73 Å². The molecule has 0 aliphatic carbocycles. The van der Waals surface area contributed by atoms with Gasteiger partial charge in [0.2, 0.25) is 5.78 Å². The first-order chi connectivity index (χ1) is 15.1. The van der Waals surface area contributed by atoms with E-state index in [1.807, 2.05) is 54.4 Å². The van der Waals surface area contributed by atoms with Crippen molar-refractivity contribution in [2.24, 2.45) is 0 Å². The van der Waals surface area contributed by atoms with Crippen LogP contribution in [-0.4, -0.2) is 33.9 Å². The van der Waals surface area contributed by atoms with Gasteiger partial charge >= 0.3 is 0 Å². The maximum absolute atomic E-state index is 13.2. The first-order valence-electron chi connectivity index (χ1n) is 9.88. The Morgan fingerprint density at radius 3 is 2.87 bits per heavy atom. The molecular weight excluding hydrogens is 392 g/mol. The number of aryl methyl sites for hydroxylation is 1. The SMILES string of the molecule is Cc1cccc(C(=O)c2ccncn2)c1-c1ccc2nc(N)c(N3CCON3)cc2c1. The molecule has 1 aliphatic heterocycles. The van der Waals surface area contributed by atoms with Crippen molar-refractivity contribution in [2.75, 3.05) is 23.9 Å². The number of aromatic nitrogens is 3. The number of hydrazine groups is 1. The van der Waals surface area contributed by atoms with Crippen LogP contribution >= 0.6 is 0 Å². The number of fused-ring (bicyclic) bond motifs is 1. The van der Waals surface area contributed by atoms with Crippen molar-refractivity contribution in [2.45, 2.75) is 6.92 Å². The zero-order valence-corrected chi connectivity index (χ0v) is 16.9. The van der Waals surface area contributed by atoms with Gasteiger partial charge in [-0.05, 0) is 47.9 Å². The average Bonchev–Trinajstić information content (AvgIpc) is 3.33. The standard InChI is InChI=1S/C23H20N6O2/c1-14-3-2-4-17(22(30)19-7-8-25-13-26-19)21(14)15-5-6-18-16(11-15)12-20(23(24)27-18)29-9-10-31-28-29/h2-8,11-13,28H,9-10H2,1H3,(H2,24,27). The summed E-state index contributed by atoms with van der Waals surface area (Å²) in [5.41, 5.74) is 14.3. The van der Waals surface area contributed by atoms with E-state index in [0.717, 1.165) is 33.3 Å². The van der Waals surface area contributed by atoms with Crippen molar-refractivity contribution < 1.29 is 9.63 Å². The smallest absolute Gasteiger partial charge is 0.212 e. The predicted molar refractivity (Wildman–Crippen MR) is 118 cm³/mol. The van der Waals surface area contributed by atoms with E-state index in [4.69, 9.17) is 10.6 Å². The van der Waals surface area contributed by atoms with E-state index in [1.165, 1.54) is 6.33 Å². The molecule has 3 N–H and O–H groups in total. The van der Waals surface area contributed by atoms with Crippen molar-refractivity contribution in [1.82, 2.24) is 20.5 Å². The third-order valence-corrected chi connectivity index (χ3v) is 5.33. The summed E-state index contributed by atoms with van der Waals surface area (Å²) in [5, 5.41) is 2.74. The average molecular weight is 412 g/mol. The Hall–Kier alpha value is -3.88. The normalized spacial score (nSPS) is 13.6. The van der Waals surface area contributed by atoms with Crippen molar-refractivity contribution in [3.8, 4) is 11.1 Å². The van der Waals surface area contributed by atoms with Crippen LogP contribution in [0.4, 0.5) is 11.5 Å². The number of nitrogen functional groups attached to an aromatic ring is 1. The number of nitrogens with zero attached hydrogens (tertiary/aromatic N) is 4. The van der Waals surface area contributed by atoms with Gasteiger partial charge in [0, 0.05) is 17.1 Å². The van der Waals surface area contributed by atoms with Gasteiger partial charge in [-0.1, -0.05) is 24.3 Å². The van der Waals surface area contributed by atoms with E-state index in [1.54, 1.807) is 12.3 Å². The molecule has 0 bridgehead atoms. The van der Waals surface area contributed by atoms with Gasteiger partial charge in [-0.25, -0.2) is 15.0 Å². The first-order valence-corrected chi connectivity index (χ1v) is 9.88. The minimum atomic E-state index is -0.143. The summed E-state index contributed by atoms with van der Waals surface area (Å²) >= 11 is 0. The Bertz CT molecular complexity index is 1290. The van der Waals surface area contributed by atoms with E-state index in [0.29, 0.717) is 30.2 Å². The summed E-state index contributed by atoms with van der Waals surface area (Å²) < 4.78 is 0. The van der Waals surface area contributed by atoms with Crippen LogP contribution in [0.5, 0.6) is 0 Å². The summed E-state index contributed by atoms with van der Waals surface area (Å²) in [5.74, 6) is 0.282. The van der Waals surface area contributed by atoms with Crippen molar-refractivity contribution in [1.29, 1.82) is 0 Å². The number of nitrogens with two attached hydrogens (primary N) is 1. The molecule has 0 unspecified atom stereocenters. The number of carbonyl (C=O) groups excluding carboxylic acids is 1.